The third kappa shape index (κ3) is 1.56. The molecule has 0 amide bonds. The second kappa shape index (κ2) is 2.96. The van der Waals surface area contributed by atoms with E-state index in [-0.39, 0.29) is 5.75 Å². The van der Waals surface area contributed by atoms with Gasteiger partial charge in [-0.05, 0) is 6.07 Å². The summed E-state index contributed by atoms with van der Waals surface area (Å²) in [6.07, 6.45) is 3.02. The fourth-order valence-electron chi connectivity index (χ4n) is 0.975. The molecular formula is C7H5F2N3O. The van der Waals surface area contributed by atoms with Gasteiger partial charge in [0.1, 0.15) is 12.1 Å². The number of nitrogens with zero attached hydrogens (tertiary/aromatic N) is 3. The molecule has 4 nitrogen and oxygen atoms in total. The molecule has 0 fully saturated rings. The average Bonchev–Trinajstić information content (AvgIpc) is 2.49. The summed E-state index contributed by atoms with van der Waals surface area (Å²) < 4.78 is 29.3. The Balaban J connectivity index is 2.37. The van der Waals surface area contributed by atoms with Gasteiger partial charge < -0.3 is 4.74 Å². The summed E-state index contributed by atoms with van der Waals surface area (Å²) in [6.45, 7) is -2.81. The van der Waals surface area contributed by atoms with Crippen molar-refractivity contribution in [2.24, 2.45) is 0 Å². The minimum absolute atomic E-state index is 0.0792. The molecule has 0 spiro atoms. The number of hydrogen-bond donors (Lipinski definition) is 0. The SMILES string of the molecule is FC(F)Oc1ccn2cnnc2c1. The van der Waals surface area contributed by atoms with E-state index >= 15 is 0 Å². The molecule has 6 heteroatoms. The predicted molar refractivity (Wildman–Crippen MR) is 39.6 cm³/mol. The van der Waals surface area contributed by atoms with Crippen LogP contribution in [0.2, 0.25) is 0 Å². The Morgan fingerprint density at radius 2 is 2.31 bits per heavy atom. The van der Waals surface area contributed by atoms with Crippen molar-refractivity contribution in [3.8, 4) is 5.75 Å². The molecule has 0 bridgehead atoms. The lowest BCUT2D eigenvalue weighted by molar-refractivity contribution is -0.0498. The van der Waals surface area contributed by atoms with E-state index in [1.165, 1.54) is 18.5 Å². The highest BCUT2D eigenvalue weighted by atomic mass is 19.3. The Morgan fingerprint density at radius 1 is 1.46 bits per heavy atom. The molecule has 2 aromatic heterocycles. The third-order valence-electron chi connectivity index (χ3n) is 1.50. The van der Waals surface area contributed by atoms with Crippen LogP contribution in [0.3, 0.4) is 0 Å². The smallest absolute Gasteiger partial charge is 0.387 e. The van der Waals surface area contributed by atoms with Gasteiger partial charge in [0.25, 0.3) is 0 Å². The first-order valence-electron chi connectivity index (χ1n) is 3.50. The summed E-state index contributed by atoms with van der Waals surface area (Å²) in [7, 11) is 0. The maximum atomic E-state index is 11.8. The number of rotatable bonds is 2. The van der Waals surface area contributed by atoms with Gasteiger partial charge in [-0.15, -0.1) is 10.2 Å². The summed E-state index contributed by atoms with van der Waals surface area (Å²) in [5.74, 6) is 0.0792. The Morgan fingerprint density at radius 3 is 3.08 bits per heavy atom. The summed E-state index contributed by atoms with van der Waals surface area (Å²) in [5, 5.41) is 7.27. The zero-order chi connectivity index (χ0) is 9.26. The van der Waals surface area contributed by atoms with Crippen LogP contribution in [0.15, 0.2) is 24.7 Å². The van der Waals surface area contributed by atoms with E-state index in [1.807, 2.05) is 0 Å². The molecule has 0 aliphatic carbocycles. The van der Waals surface area contributed by atoms with E-state index in [9.17, 15) is 8.78 Å². The molecule has 0 aliphatic rings. The van der Waals surface area contributed by atoms with Crippen molar-refractivity contribution in [2.75, 3.05) is 0 Å². The van der Waals surface area contributed by atoms with Crippen LogP contribution < -0.4 is 4.74 Å². The maximum absolute atomic E-state index is 11.8. The third-order valence-corrected chi connectivity index (χ3v) is 1.50. The van der Waals surface area contributed by atoms with E-state index in [4.69, 9.17) is 0 Å². The van der Waals surface area contributed by atoms with Crippen molar-refractivity contribution in [3.05, 3.63) is 24.7 Å². The number of pyridine rings is 1. The van der Waals surface area contributed by atoms with Crippen LogP contribution >= 0.6 is 0 Å². The zero-order valence-electron chi connectivity index (χ0n) is 6.39. The average molecular weight is 185 g/mol. The number of halogens is 2. The minimum Gasteiger partial charge on any atom is -0.435 e. The normalized spacial score (nSPS) is 11.0. The molecule has 2 aromatic rings. The monoisotopic (exact) mass is 185 g/mol. The Labute approximate surface area is 71.8 Å². The van der Waals surface area contributed by atoms with Gasteiger partial charge in [0.2, 0.25) is 0 Å². The number of aromatic nitrogens is 3. The second-order valence-electron chi connectivity index (χ2n) is 2.34. The van der Waals surface area contributed by atoms with Crippen molar-refractivity contribution in [1.29, 1.82) is 0 Å². The fraction of sp³-hybridized carbons (Fsp3) is 0.143. The molecule has 68 valence electrons. The lowest BCUT2D eigenvalue weighted by Crippen LogP contribution is -2.02. The van der Waals surface area contributed by atoms with Crippen LogP contribution in [0.5, 0.6) is 5.75 Å². The maximum Gasteiger partial charge on any atom is 0.387 e. The van der Waals surface area contributed by atoms with Crippen molar-refractivity contribution in [2.45, 2.75) is 6.61 Å². The largest absolute Gasteiger partial charge is 0.435 e. The Kier molecular flexibility index (Phi) is 1.80. The van der Waals surface area contributed by atoms with Gasteiger partial charge in [-0.1, -0.05) is 0 Å². The summed E-state index contributed by atoms with van der Waals surface area (Å²) in [4.78, 5) is 0. The molecule has 0 atom stereocenters. The molecule has 0 saturated carbocycles. The molecule has 0 saturated heterocycles. The van der Waals surface area contributed by atoms with Gasteiger partial charge in [-0.25, -0.2) is 0 Å². The lowest BCUT2D eigenvalue weighted by Gasteiger charge is -2.02. The van der Waals surface area contributed by atoms with Crippen LogP contribution in [-0.2, 0) is 0 Å². The molecule has 0 aromatic carbocycles. The minimum atomic E-state index is -2.81. The molecule has 0 N–H and O–H groups in total. The summed E-state index contributed by atoms with van der Waals surface area (Å²) in [5.41, 5.74) is 0.471. The van der Waals surface area contributed by atoms with Crippen LogP contribution in [0.1, 0.15) is 0 Å². The molecule has 2 rings (SSSR count). The highest BCUT2D eigenvalue weighted by molar-refractivity contribution is 5.42. The van der Waals surface area contributed by atoms with Gasteiger partial charge in [0.05, 0.1) is 0 Å². The van der Waals surface area contributed by atoms with Crippen molar-refractivity contribution in [1.82, 2.24) is 14.6 Å². The molecule has 13 heavy (non-hydrogen) atoms. The predicted octanol–water partition coefficient (Wildman–Crippen LogP) is 1.33. The van der Waals surface area contributed by atoms with Crippen molar-refractivity contribution >= 4 is 5.65 Å². The first-order valence-corrected chi connectivity index (χ1v) is 3.50. The van der Waals surface area contributed by atoms with E-state index < -0.39 is 6.61 Å². The fourth-order valence-corrected chi connectivity index (χ4v) is 0.975. The van der Waals surface area contributed by atoms with Crippen molar-refractivity contribution < 1.29 is 13.5 Å². The molecule has 0 radical (unpaired) electrons. The number of ether oxygens (including phenoxy) is 1. The first kappa shape index (κ1) is 7.90. The lowest BCUT2D eigenvalue weighted by atomic mass is 10.4. The number of alkyl halides is 2. The van der Waals surface area contributed by atoms with Crippen LogP contribution in [0.25, 0.3) is 5.65 Å². The second-order valence-corrected chi connectivity index (χ2v) is 2.34. The van der Waals surface area contributed by atoms with Gasteiger partial charge >= 0.3 is 6.61 Å². The zero-order valence-corrected chi connectivity index (χ0v) is 6.39. The number of hydrogen-bond acceptors (Lipinski definition) is 3. The van der Waals surface area contributed by atoms with Gasteiger partial charge in [-0.2, -0.15) is 8.78 Å². The quantitative estimate of drug-likeness (QED) is 0.708. The highest BCUT2D eigenvalue weighted by Crippen LogP contribution is 2.14. The van der Waals surface area contributed by atoms with Crippen molar-refractivity contribution in [3.63, 3.8) is 0 Å². The standard InChI is InChI=1S/C7H5F2N3O/c8-7(9)13-5-1-2-12-4-10-11-6(12)3-5/h1-4,7H. The highest BCUT2D eigenvalue weighted by Gasteiger charge is 2.04. The van der Waals surface area contributed by atoms with Crippen LogP contribution in [0.4, 0.5) is 8.78 Å². The Hall–Kier alpha value is -1.72. The summed E-state index contributed by atoms with van der Waals surface area (Å²) >= 11 is 0. The molecular weight excluding hydrogens is 180 g/mol. The van der Waals surface area contributed by atoms with E-state index in [2.05, 4.69) is 14.9 Å². The van der Waals surface area contributed by atoms with Crippen LogP contribution in [-0.4, -0.2) is 21.2 Å². The first-order chi connectivity index (χ1) is 6.25. The molecule has 0 aliphatic heterocycles. The molecule has 2 heterocycles. The van der Waals surface area contributed by atoms with E-state index in [0.717, 1.165) is 0 Å². The van der Waals surface area contributed by atoms with Crippen LogP contribution in [0, 0.1) is 0 Å². The van der Waals surface area contributed by atoms with Gasteiger partial charge in [0, 0.05) is 12.3 Å². The van der Waals surface area contributed by atoms with E-state index in [1.54, 1.807) is 10.6 Å². The molecule has 0 unspecified atom stereocenters. The number of fused-ring (bicyclic) bond motifs is 1. The van der Waals surface area contributed by atoms with E-state index in [0.29, 0.717) is 5.65 Å². The Bertz CT molecular complexity index is 415. The topological polar surface area (TPSA) is 39.4 Å². The van der Waals surface area contributed by atoms with Gasteiger partial charge in [0.15, 0.2) is 5.65 Å². The summed E-state index contributed by atoms with van der Waals surface area (Å²) in [6, 6.07) is 2.81. The van der Waals surface area contributed by atoms with Gasteiger partial charge in [-0.3, -0.25) is 4.40 Å².